The molecule has 4 nitrogen and oxygen atoms in total. The lowest BCUT2D eigenvalue weighted by Crippen LogP contribution is -2.40. The highest BCUT2D eigenvalue weighted by Crippen LogP contribution is 2.22. The Bertz CT molecular complexity index is 457. The fourth-order valence-electron chi connectivity index (χ4n) is 2.21. The summed E-state index contributed by atoms with van der Waals surface area (Å²) >= 11 is 6.02. The van der Waals surface area contributed by atoms with Crippen molar-refractivity contribution < 1.29 is 9.90 Å². The Labute approximate surface area is 118 Å². The van der Waals surface area contributed by atoms with Crippen LogP contribution < -0.4 is 5.32 Å². The molecule has 1 aliphatic heterocycles. The van der Waals surface area contributed by atoms with Gasteiger partial charge < -0.3 is 10.4 Å². The molecule has 2 rings (SSSR count). The van der Waals surface area contributed by atoms with Crippen LogP contribution in [0.3, 0.4) is 0 Å². The summed E-state index contributed by atoms with van der Waals surface area (Å²) in [4.78, 5) is 14.0. The number of aliphatic hydroxyl groups is 1. The van der Waals surface area contributed by atoms with Gasteiger partial charge in [-0.2, -0.15) is 0 Å². The van der Waals surface area contributed by atoms with Crippen molar-refractivity contribution in [3.8, 4) is 0 Å². The minimum atomic E-state index is -0.213. The molecular formula is C14H19ClN2O2. The molecule has 1 aliphatic rings. The van der Waals surface area contributed by atoms with E-state index in [1.807, 2.05) is 19.1 Å². The van der Waals surface area contributed by atoms with Crippen molar-refractivity contribution in [1.29, 1.82) is 0 Å². The fourth-order valence-corrected chi connectivity index (χ4v) is 2.39. The molecule has 1 heterocycles. The molecule has 0 radical (unpaired) electrons. The predicted octanol–water partition coefficient (Wildman–Crippen LogP) is 2.04. The molecule has 0 aromatic heterocycles. The number of hydrogen-bond acceptors (Lipinski definition) is 3. The first-order valence-corrected chi connectivity index (χ1v) is 6.89. The number of nitrogens with zero attached hydrogens (tertiary/aromatic N) is 1. The Kier molecular flexibility index (Phi) is 4.80. The van der Waals surface area contributed by atoms with Crippen LogP contribution in [0.15, 0.2) is 18.2 Å². The van der Waals surface area contributed by atoms with Crippen molar-refractivity contribution in [3.05, 3.63) is 28.8 Å². The van der Waals surface area contributed by atoms with Gasteiger partial charge in [0.1, 0.15) is 0 Å². The van der Waals surface area contributed by atoms with E-state index in [1.54, 1.807) is 6.07 Å². The molecule has 1 aromatic carbocycles. The lowest BCUT2D eigenvalue weighted by Gasteiger charge is -2.28. The number of piperidine rings is 1. The first-order valence-electron chi connectivity index (χ1n) is 6.51. The number of aliphatic hydroxyl groups excluding tert-OH is 1. The molecule has 1 aromatic rings. The zero-order valence-corrected chi connectivity index (χ0v) is 11.8. The standard InChI is InChI=1S/C14H19ClN2O2/c1-10-12(15)3-2-4-13(10)16-14(19)9-17-7-5-11(18)6-8-17/h2-4,11,18H,5-9H2,1H3,(H,16,19). The third-order valence-electron chi connectivity index (χ3n) is 3.47. The summed E-state index contributed by atoms with van der Waals surface area (Å²) < 4.78 is 0. The average molecular weight is 283 g/mol. The van der Waals surface area contributed by atoms with Crippen LogP contribution in [0, 0.1) is 6.92 Å². The molecule has 0 saturated carbocycles. The number of rotatable bonds is 3. The minimum absolute atomic E-state index is 0.0400. The van der Waals surface area contributed by atoms with E-state index in [4.69, 9.17) is 11.6 Å². The lowest BCUT2D eigenvalue weighted by molar-refractivity contribution is -0.117. The van der Waals surface area contributed by atoms with E-state index in [9.17, 15) is 9.90 Å². The highest BCUT2D eigenvalue weighted by molar-refractivity contribution is 6.31. The van der Waals surface area contributed by atoms with Crippen LogP contribution in [-0.4, -0.2) is 41.7 Å². The van der Waals surface area contributed by atoms with Crippen LogP contribution in [-0.2, 0) is 4.79 Å². The normalized spacial score (nSPS) is 17.4. The van der Waals surface area contributed by atoms with Gasteiger partial charge in [0, 0.05) is 23.8 Å². The first-order chi connectivity index (χ1) is 9.06. The van der Waals surface area contributed by atoms with Gasteiger partial charge in [0.25, 0.3) is 0 Å². The van der Waals surface area contributed by atoms with E-state index in [-0.39, 0.29) is 12.0 Å². The number of halogens is 1. The number of carbonyl (C=O) groups excluding carboxylic acids is 1. The second-order valence-corrected chi connectivity index (χ2v) is 5.38. The van der Waals surface area contributed by atoms with Crippen LogP contribution in [0.2, 0.25) is 5.02 Å². The van der Waals surface area contributed by atoms with Gasteiger partial charge >= 0.3 is 0 Å². The SMILES string of the molecule is Cc1c(Cl)cccc1NC(=O)CN1CCC(O)CC1. The van der Waals surface area contributed by atoms with Gasteiger partial charge in [-0.3, -0.25) is 9.69 Å². The molecule has 19 heavy (non-hydrogen) atoms. The van der Waals surface area contributed by atoms with Gasteiger partial charge in [0.2, 0.25) is 5.91 Å². The number of likely N-dealkylation sites (tertiary alicyclic amines) is 1. The molecule has 0 aliphatic carbocycles. The van der Waals surface area contributed by atoms with Gasteiger partial charge in [-0.15, -0.1) is 0 Å². The quantitative estimate of drug-likeness (QED) is 0.892. The van der Waals surface area contributed by atoms with Gasteiger partial charge in [0.05, 0.1) is 12.6 Å². The van der Waals surface area contributed by atoms with Crippen LogP contribution in [0.1, 0.15) is 18.4 Å². The smallest absolute Gasteiger partial charge is 0.238 e. The summed E-state index contributed by atoms with van der Waals surface area (Å²) in [6, 6.07) is 5.47. The number of amides is 1. The summed E-state index contributed by atoms with van der Waals surface area (Å²) in [5.74, 6) is -0.0400. The topological polar surface area (TPSA) is 52.6 Å². The highest BCUT2D eigenvalue weighted by Gasteiger charge is 2.19. The van der Waals surface area contributed by atoms with Gasteiger partial charge in [-0.25, -0.2) is 0 Å². The van der Waals surface area contributed by atoms with Crippen molar-refractivity contribution in [2.45, 2.75) is 25.9 Å². The second kappa shape index (κ2) is 6.37. The summed E-state index contributed by atoms with van der Waals surface area (Å²) in [6.45, 7) is 3.78. The van der Waals surface area contributed by atoms with Gasteiger partial charge in [-0.1, -0.05) is 17.7 Å². The zero-order valence-electron chi connectivity index (χ0n) is 11.0. The number of carbonyl (C=O) groups is 1. The molecule has 2 N–H and O–H groups in total. The zero-order chi connectivity index (χ0) is 13.8. The second-order valence-electron chi connectivity index (χ2n) is 4.97. The van der Waals surface area contributed by atoms with Crippen molar-refractivity contribution >= 4 is 23.2 Å². The number of anilines is 1. The third-order valence-corrected chi connectivity index (χ3v) is 3.88. The maximum atomic E-state index is 12.0. The Balaban J connectivity index is 1.89. The molecule has 1 amide bonds. The minimum Gasteiger partial charge on any atom is -0.393 e. The van der Waals surface area contributed by atoms with Crippen molar-refractivity contribution in [2.24, 2.45) is 0 Å². The third kappa shape index (κ3) is 3.93. The average Bonchev–Trinajstić information content (AvgIpc) is 2.38. The van der Waals surface area contributed by atoms with E-state index in [0.717, 1.165) is 37.2 Å². The van der Waals surface area contributed by atoms with E-state index >= 15 is 0 Å². The largest absolute Gasteiger partial charge is 0.393 e. The maximum absolute atomic E-state index is 12.0. The van der Waals surface area contributed by atoms with Gasteiger partial charge in [-0.05, 0) is 37.5 Å². The molecular weight excluding hydrogens is 264 g/mol. The number of hydrogen-bond donors (Lipinski definition) is 2. The van der Waals surface area contributed by atoms with Gasteiger partial charge in [0.15, 0.2) is 0 Å². The molecule has 1 fully saturated rings. The Morgan fingerprint density at radius 3 is 2.84 bits per heavy atom. The maximum Gasteiger partial charge on any atom is 0.238 e. The van der Waals surface area contributed by atoms with Crippen LogP contribution in [0.25, 0.3) is 0 Å². The first kappa shape index (κ1) is 14.3. The molecule has 104 valence electrons. The van der Waals surface area contributed by atoms with Crippen LogP contribution in [0.5, 0.6) is 0 Å². The van der Waals surface area contributed by atoms with E-state index < -0.39 is 0 Å². The van der Waals surface area contributed by atoms with Crippen molar-refractivity contribution in [2.75, 3.05) is 25.0 Å². The Hall–Kier alpha value is -1.10. The summed E-state index contributed by atoms with van der Waals surface area (Å²) in [6.07, 6.45) is 1.27. The summed E-state index contributed by atoms with van der Waals surface area (Å²) in [5.41, 5.74) is 1.64. The highest BCUT2D eigenvalue weighted by atomic mass is 35.5. The number of nitrogens with one attached hydrogen (secondary N) is 1. The molecule has 5 heteroatoms. The molecule has 0 spiro atoms. The van der Waals surface area contributed by atoms with E-state index in [1.165, 1.54) is 0 Å². The van der Waals surface area contributed by atoms with Crippen LogP contribution in [0.4, 0.5) is 5.69 Å². The molecule has 1 saturated heterocycles. The molecule has 0 atom stereocenters. The van der Waals surface area contributed by atoms with Crippen LogP contribution >= 0.6 is 11.6 Å². The summed E-state index contributed by atoms with van der Waals surface area (Å²) in [7, 11) is 0. The predicted molar refractivity (Wildman–Crippen MR) is 76.5 cm³/mol. The lowest BCUT2D eigenvalue weighted by atomic mass is 10.1. The van der Waals surface area contributed by atoms with Crippen molar-refractivity contribution in [1.82, 2.24) is 4.90 Å². The molecule has 0 bridgehead atoms. The number of benzene rings is 1. The Morgan fingerprint density at radius 2 is 2.16 bits per heavy atom. The molecule has 0 unspecified atom stereocenters. The van der Waals surface area contributed by atoms with E-state index in [0.29, 0.717) is 11.6 Å². The summed E-state index contributed by atoms with van der Waals surface area (Å²) in [5, 5.41) is 13.0. The van der Waals surface area contributed by atoms with E-state index in [2.05, 4.69) is 10.2 Å². The fraction of sp³-hybridized carbons (Fsp3) is 0.500. The monoisotopic (exact) mass is 282 g/mol. The van der Waals surface area contributed by atoms with Crippen molar-refractivity contribution in [3.63, 3.8) is 0 Å². The Morgan fingerprint density at radius 1 is 1.47 bits per heavy atom.